The van der Waals surface area contributed by atoms with Gasteiger partial charge in [-0.05, 0) is 31.4 Å². The van der Waals surface area contributed by atoms with Crippen LogP contribution in [-0.2, 0) is 6.54 Å². The van der Waals surface area contributed by atoms with Gasteiger partial charge in [0, 0.05) is 22.6 Å². The van der Waals surface area contributed by atoms with Gasteiger partial charge in [-0.3, -0.25) is 4.79 Å². The fourth-order valence-electron chi connectivity index (χ4n) is 3.92. The Morgan fingerprint density at radius 1 is 1.07 bits per heavy atom. The normalized spacial score (nSPS) is 16.7. The van der Waals surface area contributed by atoms with E-state index in [2.05, 4.69) is 9.97 Å². The number of amides is 1. The number of anilines is 1. The summed E-state index contributed by atoms with van der Waals surface area (Å²) in [4.78, 5) is 22.6. The first-order valence-electron chi connectivity index (χ1n) is 8.89. The highest BCUT2D eigenvalue weighted by Gasteiger charge is 2.38. The van der Waals surface area contributed by atoms with Crippen LogP contribution in [0.25, 0.3) is 22.0 Å². The molecular formula is C20H16F2N4O. The molecule has 2 aliphatic rings. The summed E-state index contributed by atoms with van der Waals surface area (Å²) >= 11 is 0. The van der Waals surface area contributed by atoms with Gasteiger partial charge in [-0.25, -0.2) is 4.98 Å². The maximum absolute atomic E-state index is 14.2. The molecule has 7 heteroatoms. The minimum atomic E-state index is -0.907. The Kier molecular flexibility index (Phi) is 3.40. The minimum absolute atomic E-state index is 0.0818. The van der Waals surface area contributed by atoms with E-state index in [-0.39, 0.29) is 17.5 Å². The van der Waals surface area contributed by atoms with Gasteiger partial charge in [0.15, 0.2) is 0 Å². The van der Waals surface area contributed by atoms with Gasteiger partial charge in [-0.2, -0.15) is 13.8 Å². The minimum Gasteiger partial charge on any atom is -0.397 e. The van der Waals surface area contributed by atoms with E-state index in [4.69, 9.17) is 5.73 Å². The Hall–Kier alpha value is -3.09. The highest BCUT2D eigenvalue weighted by molar-refractivity contribution is 6.11. The van der Waals surface area contributed by atoms with Gasteiger partial charge in [-0.1, -0.05) is 18.2 Å². The quantitative estimate of drug-likeness (QED) is 0.703. The van der Waals surface area contributed by atoms with E-state index in [1.54, 1.807) is 18.2 Å². The Morgan fingerprint density at radius 2 is 1.89 bits per heavy atom. The lowest BCUT2D eigenvalue weighted by Crippen LogP contribution is -2.40. The van der Waals surface area contributed by atoms with Crippen LogP contribution in [0.3, 0.4) is 0 Å². The molecule has 0 radical (unpaired) electrons. The number of hydrogen-bond donors (Lipinski definition) is 1. The van der Waals surface area contributed by atoms with Gasteiger partial charge in [0.1, 0.15) is 0 Å². The number of aromatic nitrogens is 2. The summed E-state index contributed by atoms with van der Waals surface area (Å²) in [5, 5.41) is 0.582. The Morgan fingerprint density at radius 3 is 2.59 bits per heavy atom. The lowest BCUT2D eigenvalue weighted by Gasteiger charge is -2.34. The summed E-state index contributed by atoms with van der Waals surface area (Å²) < 4.78 is 27.4. The molecule has 0 atom stereocenters. The van der Waals surface area contributed by atoms with Crippen LogP contribution in [0.1, 0.15) is 35.3 Å². The molecule has 0 unspecified atom stereocenters. The van der Waals surface area contributed by atoms with Crippen molar-refractivity contribution >= 4 is 22.5 Å². The molecule has 1 aliphatic carbocycles. The molecule has 136 valence electrons. The van der Waals surface area contributed by atoms with Crippen molar-refractivity contribution in [3.63, 3.8) is 0 Å². The molecule has 0 bridgehead atoms. The molecule has 1 fully saturated rings. The van der Waals surface area contributed by atoms with Gasteiger partial charge in [0.25, 0.3) is 5.91 Å². The Labute approximate surface area is 153 Å². The van der Waals surface area contributed by atoms with E-state index >= 15 is 0 Å². The van der Waals surface area contributed by atoms with Crippen LogP contribution in [0.4, 0.5) is 14.5 Å². The van der Waals surface area contributed by atoms with Crippen LogP contribution in [-0.4, -0.2) is 26.8 Å². The highest BCUT2D eigenvalue weighted by atomic mass is 19.1. The summed E-state index contributed by atoms with van der Waals surface area (Å²) in [5.74, 6) is -1.87. The van der Waals surface area contributed by atoms with E-state index < -0.39 is 11.9 Å². The first kappa shape index (κ1) is 16.1. The monoisotopic (exact) mass is 366 g/mol. The predicted octanol–water partition coefficient (Wildman–Crippen LogP) is 3.67. The molecule has 27 heavy (non-hydrogen) atoms. The topological polar surface area (TPSA) is 72.1 Å². The standard InChI is InChI=1S/C20H16F2N4O/c21-15-8-7-12(19(22)25-15)11-5-2-6-13-17(23)16-14(24-18(11)13)9-26(20(16)27)10-3-1-4-10/h2,5-8,10H,1,3-4,9H2,(H2,23,24). The second-order valence-corrected chi connectivity index (χ2v) is 7.04. The van der Waals surface area contributed by atoms with Crippen LogP contribution >= 0.6 is 0 Å². The lowest BCUT2D eigenvalue weighted by molar-refractivity contribution is 0.0606. The number of halogens is 2. The van der Waals surface area contributed by atoms with Gasteiger partial charge in [0.2, 0.25) is 11.9 Å². The third kappa shape index (κ3) is 2.31. The fourth-order valence-corrected chi connectivity index (χ4v) is 3.92. The number of hydrogen-bond acceptors (Lipinski definition) is 4. The zero-order chi connectivity index (χ0) is 18.7. The molecule has 0 spiro atoms. The zero-order valence-corrected chi connectivity index (χ0v) is 14.4. The van der Waals surface area contributed by atoms with E-state index in [1.807, 2.05) is 4.90 Å². The fraction of sp³-hybridized carbons (Fsp3) is 0.250. The Balaban J connectivity index is 1.71. The van der Waals surface area contributed by atoms with E-state index in [0.717, 1.165) is 25.3 Å². The number of carbonyl (C=O) groups is 1. The van der Waals surface area contributed by atoms with Gasteiger partial charge in [-0.15, -0.1) is 0 Å². The van der Waals surface area contributed by atoms with Crippen LogP contribution in [0, 0.1) is 11.9 Å². The summed E-state index contributed by atoms with van der Waals surface area (Å²) in [6.07, 6.45) is 3.12. The van der Waals surface area contributed by atoms with Crippen LogP contribution in [0.2, 0.25) is 0 Å². The molecule has 5 rings (SSSR count). The van der Waals surface area contributed by atoms with Crippen molar-refractivity contribution in [2.45, 2.75) is 31.8 Å². The third-order valence-electron chi connectivity index (χ3n) is 5.55. The SMILES string of the molecule is Nc1c2c(nc3c(-c4ccc(F)nc4F)cccc13)CN(C1CCC1)C2=O. The highest BCUT2D eigenvalue weighted by Crippen LogP contribution is 2.39. The van der Waals surface area contributed by atoms with Crippen molar-refractivity contribution in [1.29, 1.82) is 0 Å². The largest absolute Gasteiger partial charge is 0.397 e. The van der Waals surface area contributed by atoms with Crippen LogP contribution < -0.4 is 5.73 Å². The first-order valence-corrected chi connectivity index (χ1v) is 8.89. The molecule has 2 N–H and O–H groups in total. The predicted molar refractivity (Wildman–Crippen MR) is 96.8 cm³/mol. The number of benzene rings is 1. The number of fused-ring (bicyclic) bond motifs is 2. The lowest BCUT2D eigenvalue weighted by atomic mass is 9.92. The molecule has 5 nitrogen and oxygen atoms in total. The number of para-hydroxylation sites is 1. The van der Waals surface area contributed by atoms with Crippen molar-refractivity contribution in [2.75, 3.05) is 5.73 Å². The number of pyridine rings is 2. The average Bonchev–Trinajstić information content (AvgIpc) is 2.90. The van der Waals surface area contributed by atoms with Crippen molar-refractivity contribution in [3.8, 4) is 11.1 Å². The molecule has 1 aliphatic heterocycles. The Bertz CT molecular complexity index is 1110. The third-order valence-corrected chi connectivity index (χ3v) is 5.55. The number of rotatable bonds is 2. The molecule has 3 aromatic rings. The summed E-state index contributed by atoms with van der Waals surface area (Å²) in [5.41, 5.74) is 8.87. The first-order chi connectivity index (χ1) is 13.0. The molecule has 1 aromatic carbocycles. The molecule has 1 saturated carbocycles. The van der Waals surface area contributed by atoms with Gasteiger partial charge >= 0.3 is 0 Å². The van der Waals surface area contributed by atoms with E-state index in [0.29, 0.717) is 40.0 Å². The number of nitrogens with two attached hydrogens (primary N) is 1. The molecule has 0 saturated heterocycles. The van der Waals surface area contributed by atoms with Crippen molar-refractivity contribution in [3.05, 3.63) is 53.5 Å². The maximum Gasteiger partial charge on any atom is 0.258 e. The van der Waals surface area contributed by atoms with Crippen LogP contribution in [0.5, 0.6) is 0 Å². The summed E-state index contributed by atoms with van der Waals surface area (Å²) in [6, 6.07) is 7.86. The van der Waals surface area contributed by atoms with Crippen molar-refractivity contribution in [2.24, 2.45) is 0 Å². The second kappa shape index (κ2) is 5.70. The zero-order valence-electron chi connectivity index (χ0n) is 14.4. The van der Waals surface area contributed by atoms with Crippen molar-refractivity contribution < 1.29 is 13.6 Å². The van der Waals surface area contributed by atoms with E-state index in [1.165, 1.54) is 6.07 Å². The van der Waals surface area contributed by atoms with Crippen molar-refractivity contribution in [1.82, 2.24) is 14.9 Å². The van der Waals surface area contributed by atoms with Gasteiger partial charge in [0.05, 0.1) is 29.0 Å². The number of nitrogens with zero attached hydrogens (tertiary/aromatic N) is 3. The smallest absolute Gasteiger partial charge is 0.258 e. The van der Waals surface area contributed by atoms with Gasteiger partial charge < -0.3 is 10.6 Å². The van der Waals surface area contributed by atoms with E-state index in [9.17, 15) is 13.6 Å². The molecule has 3 heterocycles. The second-order valence-electron chi connectivity index (χ2n) is 7.04. The summed E-state index contributed by atoms with van der Waals surface area (Å²) in [7, 11) is 0. The number of nitrogen functional groups attached to an aromatic ring is 1. The average molecular weight is 366 g/mol. The van der Waals surface area contributed by atoms with Crippen LogP contribution in [0.15, 0.2) is 30.3 Å². The maximum atomic E-state index is 14.2. The number of carbonyl (C=O) groups excluding carboxylic acids is 1. The molecule has 1 amide bonds. The molecular weight excluding hydrogens is 350 g/mol. The molecule has 2 aromatic heterocycles. The summed E-state index contributed by atoms with van der Waals surface area (Å²) in [6.45, 7) is 0.414.